The fourth-order valence-electron chi connectivity index (χ4n) is 2.00. The standard InChI is InChI=1S/C15H12BrN3O2S/c1-2-11-7-12-14(22-11)17-8-19(15(12)21)18-13(20)9-3-5-10(16)6-4-9/h3-8H,2H2,1H3,(H,18,20). The fourth-order valence-corrected chi connectivity index (χ4v) is 3.19. The highest BCUT2D eigenvalue weighted by Gasteiger charge is 2.11. The number of thiophene rings is 1. The second-order valence-corrected chi connectivity index (χ2v) is 6.68. The van der Waals surface area contributed by atoms with Gasteiger partial charge in [-0.3, -0.25) is 15.0 Å². The molecule has 22 heavy (non-hydrogen) atoms. The van der Waals surface area contributed by atoms with Crippen LogP contribution in [0.25, 0.3) is 10.2 Å². The molecule has 1 N–H and O–H groups in total. The second kappa shape index (κ2) is 6.02. The van der Waals surface area contributed by atoms with E-state index in [4.69, 9.17) is 0 Å². The van der Waals surface area contributed by atoms with Crippen molar-refractivity contribution in [2.75, 3.05) is 5.43 Å². The van der Waals surface area contributed by atoms with E-state index in [0.29, 0.717) is 15.8 Å². The number of amides is 1. The van der Waals surface area contributed by atoms with Gasteiger partial charge in [-0.1, -0.05) is 22.9 Å². The van der Waals surface area contributed by atoms with Gasteiger partial charge in [-0.2, -0.15) is 0 Å². The van der Waals surface area contributed by atoms with Crippen molar-refractivity contribution >= 4 is 43.4 Å². The van der Waals surface area contributed by atoms with E-state index in [1.807, 2.05) is 13.0 Å². The summed E-state index contributed by atoms with van der Waals surface area (Å²) in [5.74, 6) is -0.360. The number of nitrogens with zero attached hydrogens (tertiary/aromatic N) is 2. The highest BCUT2D eigenvalue weighted by Crippen LogP contribution is 2.20. The van der Waals surface area contributed by atoms with Gasteiger partial charge in [0.15, 0.2) is 0 Å². The fraction of sp³-hybridized carbons (Fsp3) is 0.133. The summed E-state index contributed by atoms with van der Waals surface area (Å²) in [6.07, 6.45) is 2.20. The molecule has 0 unspecified atom stereocenters. The van der Waals surface area contributed by atoms with Gasteiger partial charge < -0.3 is 0 Å². The third-order valence-corrected chi connectivity index (χ3v) is 4.90. The van der Waals surface area contributed by atoms with E-state index in [0.717, 1.165) is 20.4 Å². The zero-order chi connectivity index (χ0) is 15.7. The molecule has 0 aliphatic heterocycles. The predicted octanol–water partition coefficient (Wildman–Crippen LogP) is 3.17. The lowest BCUT2D eigenvalue weighted by Crippen LogP contribution is -2.32. The molecule has 0 saturated heterocycles. The van der Waals surface area contributed by atoms with Gasteiger partial charge in [0.2, 0.25) is 0 Å². The first-order valence-corrected chi connectivity index (χ1v) is 8.26. The molecule has 0 radical (unpaired) electrons. The summed E-state index contributed by atoms with van der Waals surface area (Å²) < 4.78 is 2.01. The number of carbonyl (C=O) groups is 1. The Morgan fingerprint density at radius 2 is 2.09 bits per heavy atom. The molecule has 7 heteroatoms. The molecule has 0 bridgehead atoms. The number of hydrogen-bond donors (Lipinski definition) is 1. The second-order valence-electron chi connectivity index (χ2n) is 4.65. The number of hydrogen-bond acceptors (Lipinski definition) is 4. The molecule has 0 spiro atoms. The van der Waals surface area contributed by atoms with E-state index >= 15 is 0 Å². The van der Waals surface area contributed by atoms with Gasteiger partial charge in [0.1, 0.15) is 11.2 Å². The summed E-state index contributed by atoms with van der Waals surface area (Å²) in [6, 6.07) is 8.72. The minimum Gasteiger partial charge on any atom is -0.267 e. The summed E-state index contributed by atoms with van der Waals surface area (Å²) >= 11 is 4.81. The number of rotatable bonds is 3. The quantitative estimate of drug-likeness (QED) is 0.762. The molecule has 2 heterocycles. The van der Waals surface area contributed by atoms with Crippen LogP contribution in [-0.2, 0) is 6.42 Å². The molecule has 0 fully saturated rings. The number of halogens is 1. The van der Waals surface area contributed by atoms with Crippen molar-refractivity contribution in [1.82, 2.24) is 9.66 Å². The summed E-state index contributed by atoms with van der Waals surface area (Å²) in [6.45, 7) is 2.03. The van der Waals surface area contributed by atoms with Crippen LogP contribution in [0.15, 0.2) is 45.9 Å². The first-order chi connectivity index (χ1) is 10.6. The topological polar surface area (TPSA) is 64.0 Å². The largest absolute Gasteiger partial charge is 0.280 e. The van der Waals surface area contributed by atoms with Crippen molar-refractivity contribution in [2.24, 2.45) is 0 Å². The molecule has 1 amide bonds. The number of aromatic nitrogens is 2. The van der Waals surface area contributed by atoms with Gasteiger partial charge in [0.25, 0.3) is 11.5 Å². The molecule has 0 saturated carbocycles. The van der Waals surface area contributed by atoms with Crippen LogP contribution < -0.4 is 11.0 Å². The molecule has 112 valence electrons. The number of carbonyl (C=O) groups excluding carboxylic acids is 1. The first-order valence-electron chi connectivity index (χ1n) is 6.65. The van der Waals surface area contributed by atoms with Crippen LogP contribution >= 0.6 is 27.3 Å². The predicted molar refractivity (Wildman–Crippen MR) is 91.1 cm³/mol. The number of nitrogens with one attached hydrogen (secondary N) is 1. The number of aryl methyl sites for hydroxylation is 1. The third-order valence-electron chi connectivity index (χ3n) is 3.18. The molecule has 0 aliphatic carbocycles. The Morgan fingerprint density at radius 1 is 1.36 bits per heavy atom. The van der Waals surface area contributed by atoms with E-state index in [1.54, 1.807) is 24.3 Å². The van der Waals surface area contributed by atoms with Crippen LogP contribution in [0.2, 0.25) is 0 Å². The summed E-state index contributed by atoms with van der Waals surface area (Å²) in [5.41, 5.74) is 2.75. The highest BCUT2D eigenvalue weighted by molar-refractivity contribution is 9.10. The van der Waals surface area contributed by atoms with Gasteiger partial charge >= 0.3 is 0 Å². The summed E-state index contributed by atoms with van der Waals surface area (Å²) in [7, 11) is 0. The average molecular weight is 378 g/mol. The van der Waals surface area contributed by atoms with Crippen LogP contribution in [0.3, 0.4) is 0 Å². The van der Waals surface area contributed by atoms with Crippen molar-refractivity contribution in [3.63, 3.8) is 0 Å². The third kappa shape index (κ3) is 2.82. The molecule has 2 aromatic heterocycles. The van der Waals surface area contributed by atoms with E-state index in [9.17, 15) is 9.59 Å². The van der Waals surface area contributed by atoms with Crippen molar-refractivity contribution in [1.29, 1.82) is 0 Å². The molecule has 0 atom stereocenters. The van der Waals surface area contributed by atoms with E-state index in [1.165, 1.54) is 17.7 Å². The Balaban J connectivity index is 1.93. The molecule has 1 aromatic carbocycles. The maximum atomic E-state index is 12.4. The van der Waals surface area contributed by atoms with Crippen molar-refractivity contribution in [2.45, 2.75) is 13.3 Å². The van der Waals surface area contributed by atoms with E-state index < -0.39 is 0 Å². The zero-order valence-corrected chi connectivity index (χ0v) is 14.1. The minimum absolute atomic E-state index is 0.272. The lowest BCUT2D eigenvalue weighted by Gasteiger charge is -2.07. The normalized spacial score (nSPS) is 10.8. The Kier molecular flexibility index (Phi) is 4.08. The van der Waals surface area contributed by atoms with Crippen LogP contribution in [-0.4, -0.2) is 15.6 Å². The molecule has 5 nitrogen and oxygen atoms in total. The smallest absolute Gasteiger partial charge is 0.267 e. The Labute approximate surface area is 138 Å². The maximum Gasteiger partial charge on any atom is 0.280 e. The van der Waals surface area contributed by atoms with Crippen LogP contribution in [0.5, 0.6) is 0 Å². The van der Waals surface area contributed by atoms with Crippen LogP contribution in [0, 0.1) is 0 Å². The molecule has 3 rings (SSSR count). The van der Waals surface area contributed by atoms with Gasteiger partial charge in [-0.15, -0.1) is 11.3 Å². The van der Waals surface area contributed by atoms with Gasteiger partial charge in [-0.25, -0.2) is 9.66 Å². The molecule has 3 aromatic rings. The zero-order valence-electron chi connectivity index (χ0n) is 11.7. The molecular weight excluding hydrogens is 366 g/mol. The van der Waals surface area contributed by atoms with Gasteiger partial charge in [0.05, 0.1) is 5.39 Å². The average Bonchev–Trinajstić information content (AvgIpc) is 2.95. The SMILES string of the molecule is CCc1cc2c(=O)n(NC(=O)c3ccc(Br)cc3)cnc2s1. The summed E-state index contributed by atoms with van der Waals surface area (Å²) in [4.78, 5) is 30.6. The number of fused-ring (bicyclic) bond motifs is 1. The lowest BCUT2D eigenvalue weighted by molar-refractivity contribution is 0.101. The van der Waals surface area contributed by atoms with Crippen LogP contribution in [0.1, 0.15) is 22.2 Å². The van der Waals surface area contributed by atoms with Crippen molar-refractivity contribution in [3.8, 4) is 0 Å². The van der Waals surface area contributed by atoms with Crippen LogP contribution in [0.4, 0.5) is 0 Å². The lowest BCUT2D eigenvalue weighted by atomic mass is 10.2. The van der Waals surface area contributed by atoms with E-state index in [2.05, 4.69) is 26.3 Å². The Morgan fingerprint density at radius 3 is 2.77 bits per heavy atom. The van der Waals surface area contributed by atoms with Gasteiger partial charge in [0, 0.05) is 14.9 Å². The Bertz CT molecular complexity index is 899. The number of benzene rings is 1. The Hall–Kier alpha value is -1.99. The van der Waals surface area contributed by atoms with Crippen molar-refractivity contribution < 1.29 is 4.79 Å². The first kappa shape index (κ1) is 14.9. The van der Waals surface area contributed by atoms with Crippen molar-refractivity contribution in [3.05, 3.63) is 61.9 Å². The monoisotopic (exact) mass is 377 g/mol. The van der Waals surface area contributed by atoms with E-state index in [-0.39, 0.29) is 11.5 Å². The molecular formula is C15H12BrN3O2S. The summed E-state index contributed by atoms with van der Waals surface area (Å²) in [5, 5.41) is 0.528. The van der Waals surface area contributed by atoms with Gasteiger partial charge in [-0.05, 0) is 36.8 Å². The highest BCUT2D eigenvalue weighted by atomic mass is 79.9. The molecule has 0 aliphatic rings. The maximum absolute atomic E-state index is 12.4. The minimum atomic E-state index is -0.360.